The normalized spacial score (nSPS) is 10.5. The highest BCUT2D eigenvalue weighted by atomic mass is 35.5. The van der Waals surface area contributed by atoms with E-state index in [1.54, 1.807) is 4.68 Å². The quantitative estimate of drug-likeness (QED) is 0.912. The van der Waals surface area contributed by atoms with Gasteiger partial charge >= 0.3 is 0 Å². The van der Waals surface area contributed by atoms with Crippen LogP contribution < -0.4 is 10.1 Å². The first kappa shape index (κ1) is 13.7. The average Bonchev–Trinajstić information content (AvgIpc) is 2.64. The molecule has 5 heteroatoms. The summed E-state index contributed by atoms with van der Waals surface area (Å²) in [6, 6.07) is 7.87. The molecule has 0 atom stereocenters. The predicted octanol–water partition coefficient (Wildman–Crippen LogP) is 3.39. The Morgan fingerprint density at radius 2 is 2.00 bits per heavy atom. The van der Waals surface area contributed by atoms with Crippen molar-refractivity contribution in [2.75, 3.05) is 11.9 Å². The molecule has 0 spiro atoms. The highest BCUT2D eigenvalue weighted by Gasteiger charge is 2.10. The lowest BCUT2D eigenvalue weighted by molar-refractivity contribution is 0.340. The van der Waals surface area contributed by atoms with Crippen LogP contribution in [0, 0.1) is 6.92 Å². The highest BCUT2D eigenvalue weighted by molar-refractivity contribution is 6.31. The van der Waals surface area contributed by atoms with Crippen LogP contribution in [-0.4, -0.2) is 16.4 Å². The fraction of sp³-hybridized carbons (Fsp3) is 0.357. The summed E-state index contributed by atoms with van der Waals surface area (Å²) >= 11 is 6.20. The van der Waals surface area contributed by atoms with Gasteiger partial charge in [0.25, 0.3) is 0 Å². The van der Waals surface area contributed by atoms with Crippen LogP contribution >= 0.6 is 11.6 Å². The van der Waals surface area contributed by atoms with Crippen molar-refractivity contribution in [3.63, 3.8) is 0 Å². The van der Waals surface area contributed by atoms with Crippen LogP contribution in [-0.2, 0) is 13.6 Å². The summed E-state index contributed by atoms with van der Waals surface area (Å²) in [7, 11) is 1.90. The minimum atomic E-state index is 0.643. The number of aromatic nitrogens is 2. The first-order valence-corrected chi connectivity index (χ1v) is 6.64. The van der Waals surface area contributed by atoms with Gasteiger partial charge in [-0.2, -0.15) is 5.10 Å². The lowest BCUT2D eigenvalue weighted by atomic mass is 10.3. The number of rotatable bonds is 5. The van der Waals surface area contributed by atoms with E-state index in [1.165, 1.54) is 0 Å². The highest BCUT2D eigenvalue weighted by Crippen LogP contribution is 2.21. The van der Waals surface area contributed by atoms with Crippen molar-refractivity contribution in [3.8, 4) is 5.75 Å². The number of aryl methyl sites for hydroxylation is 2. The summed E-state index contributed by atoms with van der Waals surface area (Å²) in [4.78, 5) is 0. The molecule has 102 valence electrons. The number of nitrogens with one attached hydrogen (secondary N) is 1. The molecule has 2 rings (SSSR count). The fourth-order valence-electron chi connectivity index (χ4n) is 1.89. The van der Waals surface area contributed by atoms with Gasteiger partial charge in [0.15, 0.2) is 0 Å². The number of halogens is 1. The van der Waals surface area contributed by atoms with E-state index >= 15 is 0 Å². The third kappa shape index (κ3) is 3.20. The van der Waals surface area contributed by atoms with Gasteiger partial charge in [0.05, 0.1) is 29.6 Å². The molecule has 0 saturated heterocycles. The maximum atomic E-state index is 6.20. The molecule has 0 fully saturated rings. The Labute approximate surface area is 118 Å². The summed E-state index contributed by atoms with van der Waals surface area (Å²) in [5, 5.41) is 8.33. The molecule has 0 unspecified atom stereocenters. The van der Waals surface area contributed by atoms with E-state index in [0.29, 0.717) is 13.2 Å². The van der Waals surface area contributed by atoms with Gasteiger partial charge in [-0.25, -0.2) is 0 Å². The fourth-order valence-corrected chi connectivity index (χ4v) is 2.12. The summed E-state index contributed by atoms with van der Waals surface area (Å²) < 4.78 is 7.21. The van der Waals surface area contributed by atoms with Crippen molar-refractivity contribution < 1.29 is 4.74 Å². The molecule has 0 aliphatic carbocycles. The van der Waals surface area contributed by atoms with Crippen LogP contribution in [0.1, 0.15) is 18.3 Å². The molecule has 0 bridgehead atoms. The largest absolute Gasteiger partial charge is 0.494 e. The molecule has 1 aromatic heterocycles. The van der Waals surface area contributed by atoms with Crippen LogP contribution in [0.3, 0.4) is 0 Å². The number of ether oxygens (including phenoxy) is 1. The summed E-state index contributed by atoms with van der Waals surface area (Å²) in [6.07, 6.45) is 0. The molecule has 19 heavy (non-hydrogen) atoms. The van der Waals surface area contributed by atoms with E-state index in [4.69, 9.17) is 16.3 Å². The molecule has 0 radical (unpaired) electrons. The second kappa shape index (κ2) is 5.97. The van der Waals surface area contributed by atoms with Crippen LogP contribution in [0.4, 0.5) is 5.69 Å². The zero-order valence-electron chi connectivity index (χ0n) is 11.4. The Balaban J connectivity index is 2.02. The molecule has 4 nitrogen and oxygen atoms in total. The maximum Gasteiger partial charge on any atom is 0.119 e. The van der Waals surface area contributed by atoms with Gasteiger partial charge < -0.3 is 10.1 Å². The standard InChI is InChI=1S/C14H18ClN3O/c1-4-19-12-7-5-11(6-8-12)16-9-13-14(15)10(2)17-18(13)3/h5-8,16H,4,9H2,1-3H3. The monoisotopic (exact) mass is 279 g/mol. The second-order valence-electron chi connectivity index (χ2n) is 4.28. The molecule has 1 heterocycles. The summed E-state index contributed by atoms with van der Waals surface area (Å²) in [6.45, 7) is 5.20. The molecule has 1 N–H and O–H groups in total. The SMILES string of the molecule is CCOc1ccc(NCc2c(Cl)c(C)nn2C)cc1. The number of hydrogen-bond donors (Lipinski definition) is 1. The molecule has 0 aliphatic heterocycles. The van der Waals surface area contributed by atoms with Gasteiger partial charge in [-0.15, -0.1) is 0 Å². The Morgan fingerprint density at radius 3 is 2.53 bits per heavy atom. The van der Waals surface area contributed by atoms with Crippen molar-refractivity contribution >= 4 is 17.3 Å². The van der Waals surface area contributed by atoms with Crippen LogP contribution in [0.25, 0.3) is 0 Å². The topological polar surface area (TPSA) is 39.1 Å². The minimum Gasteiger partial charge on any atom is -0.494 e. The molecule has 0 amide bonds. The first-order chi connectivity index (χ1) is 9.11. The Kier molecular flexibility index (Phi) is 4.32. The second-order valence-corrected chi connectivity index (χ2v) is 4.66. The third-order valence-electron chi connectivity index (χ3n) is 2.89. The zero-order valence-corrected chi connectivity index (χ0v) is 12.2. The summed E-state index contributed by atoms with van der Waals surface area (Å²) in [5.74, 6) is 0.877. The molecule has 2 aromatic rings. The number of anilines is 1. The van der Waals surface area contributed by atoms with Gasteiger partial charge in [0.1, 0.15) is 5.75 Å². The van der Waals surface area contributed by atoms with E-state index in [1.807, 2.05) is 45.2 Å². The Hall–Kier alpha value is -1.68. The number of benzene rings is 1. The van der Waals surface area contributed by atoms with Gasteiger partial charge in [0.2, 0.25) is 0 Å². The summed E-state index contributed by atoms with van der Waals surface area (Å²) in [5.41, 5.74) is 2.86. The van der Waals surface area contributed by atoms with Gasteiger partial charge in [-0.05, 0) is 38.1 Å². The van der Waals surface area contributed by atoms with E-state index in [-0.39, 0.29) is 0 Å². The van der Waals surface area contributed by atoms with Gasteiger partial charge in [0, 0.05) is 12.7 Å². The molecular formula is C14H18ClN3O. The number of nitrogens with zero attached hydrogens (tertiary/aromatic N) is 2. The van der Waals surface area contributed by atoms with Crippen molar-refractivity contribution in [1.82, 2.24) is 9.78 Å². The molecule has 1 aromatic carbocycles. The predicted molar refractivity (Wildman–Crippen MR) is 77.9 cm³/mol. The lowest BCUT2D eigenvalue weighted by Crippen LogP contribution is -2.05. The average molecular weight is 280 g/mol. The van der Waals surface area contributed by atoms with Crippen molar-refractivity contribution in [3.05, 3.63) is 40.7 Å². The Bertz CT molecular complexity index is 549. The smallest absolute Gasteiger partial charge is 0.119 e. The minimum absolute atomic E-state index is 0.643. The first-order valence-electron chi connectivity index (χ1n) is 6.26. The molecule has 0 aliphatic rings. The van der Waals surface area contributed by atoms with E-state index in [2.05, 4.69) is 10.4 Å². The van der Waals surface area contributed by atoms with Crippen LogP contribution in [0.5, 0.6) is 5.75 Å². The van der Waals surface area contributed by atoms with Crippen molar-refractivity contribution in [2.45, 2.75) is 20.4 Å². The molecule has 0 saturated carbocycles. The van der Waals surface area contributed by atoms with E-state index in [0.717, 1.165) is 27.8 Å². The van der Waals surface area contributed by atoms with Crippen LogP contribution in [0.15, 0.2) is 24.3 Å². The molecular weight excluding hydrogens is 262 g/mol. The van der Waals surface area contributed by atoms with Gasteiger partial charge in [-0.1, -0.05) is 11.6 Å². The third-order valence-corrected chi connectivity index (χ3v) is 3.38. The lowest BCUT2D eigenvalue weighted by Gasteiger charge is -2.08. The zero-order chi connectivity index (χ0) is 13.8. The van der Waals surface area contributed by atoms with E-state index in [9.17, 15) is 0 Å². The van der Waals surface area contributed by atoms with Crippen molar-refractivity contribution in [2.24, 2.45) is 7.05 Å². The van der Waals surface area contributed by atoms with Crippen LogP contribution in [0.2, 0.25) is 5.02 Å². The van der Waals surface area contributed by atoms with E-state index < -0.39 is 0 Å². The number of hydrogen-bond acceptors (Lipinski definition) is 3. The van der Waals surface area contributed by atoms with Crippen molar-refractivity contribution in [1.29, 1.82) is 0 Å². The van der Waals surface area contributed by atoms with Gasteiger partial charge in [-0.3, -0.25) is 4.68 Å². The maximum absolute atomic E-state index is 6.20. The Morgan fingerprint density at radius 1 is 1.32 bits per heavy atom.